The normalized spacial score (nSPS) is 15.5. The smallest absolute Gasteiger partial charge is 0.414 e. The van der Waals surface area contributed by atoms with Gasteiger partial charge in [0.1, 0.15) is 18.2 Å². The van der Waals surface area contributed by atoms with Crippen LogP contribution in [0.5, 0.6) is 5.75 Å². The minimum absolute atomic E-state index is 0.00649. The highest BCUT2D eigenvalue weighted by atomic mass is 16.6. The molecule has 1 fully saturated rings. The first-order valence-electron chi connectivity index (χ1n) is 10.7. The summed E-state index contributed by atoms with van der Waals surface area (Å²) in [7, 11) is 0. The zero-order valence-electron chi connectivity index (χ0n) is 18.1. The highest BCUT2D eigenvalue weighted by molar-refractivity contribution is 5.96. The molecule has 1 aliphatic heterocycles. The summed E-state index contributed by atoms with van der Waals surface area (Å²) in [6, 6.07) is 23.7. The number of carbonyl (C=O) groups excluding carboxylic acids is 1. The van der Waals surface area contributed by atoms with E-state index < -0.39 is 6.09 Å². The van der Waals surface area contributed by atoms with E-state index in [1.165, 1.54) is 16.7 Å². The Kier molecular flexibility index (Phi) is 6.40. The van der Waals surface area contributed by atoms with Crippen LogP contribution in [0.15, 0.2) is 72.8 Å². The average Bonchev–Trinajstić information content (AvgIpc) is 3.18. The maximum atomic E-state index is 12.2. The lowest BCUT2D eigenvalue weighted by atomic mass is 10.0. The lowest BCUT2D eigenvalue weighted by Gasteiger charge is -2.14. The van der Waals surface area contributed by atoms with Gasteiger partial charge >= 0.3 is 6.09 Å². The van der Waals surface area contributed by atoms with Crippen molar-refractivity contribution in [2.24, 2.45) is 5.73 Å². The van der Waals surface area contributed by atoms with Crippen molar-refractivity contribution in [1.82, 2.24) is 0 Å². The summed E-state index contributed by atoms with van der Waals surface area (Å²) in [6.45, 7) is 2.79. The number of nitrogens with two attached hydrogens (primary N) is 1. The highest BCUT2D eigenvalue weighted by Crippen LogP contribution is 2.23. The molecule has 1 saturated heterocycles. The van der Waals surface area contributed by atoms with Gasteiger partial charge in [0.2, 0.25) is 0 Å². The first kappa shape index (κ1) is 21.4. The van der Waals surface area contributed by atoms with E-state index in [1.807, 2.05) is 12.1 Å². The van der Waals surface area contributed by atoms with E-state index in [1.54, 1.807) is 29.2 Å². The fourth-order valence-electron chi connectivity index (χ4n) is 3.63. The van der Waals surface area contributed by atoms with Crippen LogP contribution in [0.1, 0.15) is 22.3 Å². The second-order valence-electron chi connectivity index (χ2n) is 8.02. The maximum Gasteiger partial charge on any atom is 0.414 e. The predicted octanol–water partition coefficient (Wildman–Crippen LogP) is 4.47. The van der Waals surface area contributed by atoms with Gasteiger partial charge in [0.25, 0.3) is 0 Å². The van der Waals surface area contributed by atoms with Crippen LogP contribution in [-0.4, -0.2) is 31.2 Å². The number of hydrogen-bond acceptors (Lipinski definition) is 4. The zero-order chi connectivity index (χ0) is 22.5. The minimum atomic E-state index is -0.402. The van der Waals surface area contributed by atoms with Crippen molar-refractivity contribution in [2.75, 3.05) is 18.1 Å². The van der Waals surface area contributed by atoms with E-state index in [2.05, 4.69) is 43.3 Å². The summed E-state index contributed by atoms with van der Waals surface area (Å²) in [6.07, 6.45) is 1.22. The molecule has 1 unspecified atom stereocenters. The third-order valence-electron chi connectivity index (χ3n) is 5.55. The number of amidine groups is 1. The number of rotatable bonds is 8. The standard InChI is InChI=1S/C26H27N3O3/c1-18-2-4-19(5-3-18)6-7-20-8-14-23(15-9-20)31-17-24-16-29(26(30)32-24)22-12-10-21(11-13-22)25(27)28/h2-5,8-15,24H,6-7,16-17H2,1H3,(H3,27,28). The van der Waals surface area contributed by atoms with Crippen molar-refractivity contribution in [1.29, 1.82) is 5.41 Å². The summed E-state index contributed by atoms with van der Waals surface area (Å²) in [4.78, 5) is 13.8. The number of nitrogens with one attached hydrogen (secondary N) is 1. The molecule has 6 heteroatoms. The largest absolute Gasteiger partial charge is 0.490 e. The van der Waals surface area contributed by atoms with E-state index in [-0.39, 0.29) is 18.5 Å². The molecular weight excluding hydrogens is 402 g/mol. The van der Waals surface area contributed by atoms with Gasteiger partial charge in [0, 0.05) is 11.3 Å². The van der Waals surface area contributed by atoms with Crippen LogP contribution in [0.4, 0.5) is 10.5 Å². The summed E-state index contributed by atoms with van der Waals surface area (Å²) >= 11 is 0. The van der Waals surface area contributed by atoms with Crippen LogP contribution in [0.3, 0.4) is 0 Å². The Morgan fingerprint density at radius 2 is 1.59 bits per heavy atom. The van der Waals surface area contributed by atoms with Crippen molar-refractivity contribution in [3.8, 4) is 5.75 Å². The Labute approximate surface area is 188 Å². The number of nitrogen functional groups attached to an aromatic ring is 1. The van der Waals surface area contributed by atoms with Gasteiger partial charge in [0.05, 0.1) is 6.54 Å². The molecule has 4 rings (SSSR count). The second-order valence-corrected chi connectivity index (χ2v) is 8.02. The molecule has 1 aliphatic rings. The van der Waals surface area contributed by atoms with E-state index in [0.29, 0.717) is 17.8 Å². The lowest BCUT2D eigenvalue weighted by Crippen LogP contribution is -2.26. The fourth-order valence-corrected chi connectivity index (χ4v) is 3.63. The summed E-state index contributed by atoms with van der Waals surface area (Å²) in [5, 5.41) is 7.46. The molecule has 0 bridgehead atoms. The number of amides is 1. The van der Waals surface area contributed by atoms with Crippen molar-refractivity contribution in [3.05, 3.63) is 95.1 Å². The highest BCUT2D eigenvalue weighted by Gasteiger charge is 2.32. The van der Waals surface area contributed by atoms with Gasteiger partial charge in [-0.3, -0.25) is 10.3 Å². The van der Waals surface area contributed by atoms with Crippen molar-refractivity contribution in [3.63, 3.8) is 0 Å². The molecule has 32 heavy (non-hydrogen) atoms. The van der Waals surface area contributed by atoms with Crippen LogP contribution in [-0.2, 0) is 17.6 Å². The third-order valence-corrected chi connectivity index (χ3v) is 5.55. The number of benzene rings is 3. The van der Waals surface area contributed by atoms with E-state index >= 15 is 0 Å². The number of ether oxygens (including phenoxy) is 2. The van der Waals surface area contributed by atoms with Crippen molar-refractivity contribution >= 4 is 17.6 Å². The van der Waals surface area contributed by atoms with Crippen LogP contribution in [0.25, 0.3) is 0 Å². The van der Waals surface area contributed by atoms with Gasteiger partial charge < -0.3 is 15.2 Å². The molecule has 0 aromatic heterocycles. The van der Waals surface area contributed by atoms with Crippen LogP contribution in [0.2, 0.25) is 0 Å². The molecule has 0 spiro atoms. The molecule has 1 amide bonds. The van der Waals surface area contributed by atoms with Crippen molar-refractivity contribution in [2.45, 2.75) is 25.9 Å². The zero-order valence-corrected chi connectivity index (χ0v) is 18.1. The lowest BCUT2D eigenvalue weighted by molar-refractivity contribution is 0.105. The summed E-state index contributed by atoms with van der Waals surface area (Å²) in [5.74, 6) is 0.748. The molecule has 3 aromatic rings. The van der Waals surface area contributed by atoms with E-state index in [0.717, 1.165) is 18.6 Å². The van der Waals surface area contributed by atoms with Gasteiger partial charge in [0.15, 0.2) is 6.10 Å². The molecule has 3 aromatic carbocycles. The quantitative estimate of drug-likeness (QED) is 0.408. The van der Waals surface area contributed by atoms with Crippen LogP contribution in [0, 0.1) is 12.3 Å². The summed E-state index contributed by atoms with van der Waals surface area (Å²) < 4.78 is 11.3. The molecule has 6 nitrogen and oxygen atoms in total. The van der Waals surface area contributed by atoms with Crippen LogP contribution >= 0.6 is 0 Å². The van der Waals surface area contributed by atoms with Gasteiger partial charge in [-0.2, -0.15) is 0 Å². The number of anilines is 1. The monoisotopic (exact) mass is 429 g/mol. The Hall–Kier alpha value is -3.80. The predicted molar refractivity (Wildman–Crippen MR) is 126 cm³/mol. The van der Waals surface area contributed by atoms with E-state index in [9.17, 15) is 4.79 Å². The molecule has 1 heterocycles. The first-order valence-corrected chi connectivity index (χ1v) is 10.7. The molecule has 3 N–H and O–H groups in total. The van der Waals surface area contributed by atoms with E-state index in [4.69, 9.17) is 20.6 Å². The molecule has 0 aliphatic carbocycles. The van der Waals surface area contributed by atoms with Crippen molar-refractivity contribution < 1.29 is 14.3 Å². The molecular formula is C26H27N3O3. The Bertz CT molecular complexity index is 1080. The number of aryl methyl sites for hydroxylation is 3. The fraction of sp³-hybridized carbons (Fsp3) is 0.231. The van der Waals surface area contributed by atoms with Gasteiger partial charge in [-0.15, -0.1) is 0 Å². The minimum Gasteiger partial charge on any atom is -0.490 e. The van der Waals surface area contributed by atoms with Gasteiger partial charge in [-0.25, -0.2) is 4.79 Å². The first-order chi connectivity index (χ1) is 15.5. The Morgan fingerprint density at radius 1 is 1.00 bits per heavy atom. The molecule has 1 atom stereocenters. The average molecular weight is 430 g/mol. The number of hydrogen-bond donors (Lipinski definition) is 2. The van der Waals surface area contributed by atoms with Gasteiger partial charge in [-0.05, 0) is 67.3 Å². The molecule has 0 radical (unpaired) electrons. The molecule has 0 saturated carbocycles. The molecule has 164 valence electrons. The summed E-state index contributed by atoms with van der Waals surface area (Å²) in [5.41, 5.74) is 10.7. The number of carbonyl (C=O) groups is 1. The topological polar surface area (TPSA) is 88.6 Å². The number of cyclic esters (lactones) is 1. The Morgan fingerprint density at radius 3 is 2.19 bits per heavy atom. The van der Waals surface area contributed by atoms with Gasteiger partial charge in [-0.1, -0.05) is 42.0 Å². The Balaban J connectivity index is 1.26. The number of nitrogens with zero attached hydrogens (tertiary/aromatic N) is 1. The second kappa shape index (κ2) is 9.56. The SMILES string of the molecule is Cc1ccc(CCc2ccc(OCC3CN(c4ccc(C(=N)N)cc4)C(=O)O3)cc2)cc1. The third kappa shape index (κ3) is 5.27. The maximum absolute atomic E-state index is 12.2. The van der Waals surface area contributed by atoms with Crippen LogP contribution < -0.4 is 15.4 Å².